The van der Waals surface area contributed by atoms with Crippen LogP contribution in [-0.4, -0.2) is 23.4 Å². The van der Waals surface area contributed by atoms with Crippen LogP contribution in [0.15, 0.2) is 0 Å². The Morgan fingerprint density at radius 2 is 1.23 bits per heavy atom. The molecule has 0 aromatic carbocycles. The van der Waals surface area contributed by atoms with Gasteiger partial charge in [-0.2, -0.15) is 0 Å². The molecule has 0 radical (unpaired) electrons. The molecule has 4 rings (SSSR count). The number of aliphatic hydroxyl groups is 2. The van der Waals surface area contributed by atoms with Crippen molar-refractivity contribution in [1.82, 2.24) is 0 Å². The lowest BCUT2D eigenvalue weighted by atomic mass is 9.59. The Morgan fingerprint density at radius 1 is 0.769 bits per heavy atom. The Bertz CT molecular complexity index is 194. The van der Waals surface area contributed by atoms with Gasteiger partial charge in [0.15, 0.2) is 0 Å². The van der Waals surface area contributed by atoms with Crippen molar-refractivity contribution in [2.45, 2.75) is 19.3 Å². The summed E-state index contributed by atoms with van der Waals surface area (Å²) < 4.78 is 0. The van der Waals surface area contributed by atoms with Crippen LogP contribution in [0.25, 0.3) is 0 Å². The first-order valence-corrected chi connectivity index (χ1v) is 5.58. The largest absolute Gasteiger partial charge is 0.396 e. The van der Waals surface area contributed by atoms with E-state index in [0.29, 0.717) is 25.0 Å². The highest BCUT2D eigenvalue weighted by molar-refractivity contribution is 5.08. The fraction of sp³-hybridized carbons (Fsp3) is 1.00. The van der Waals surface area contributed by atoms with E-state index in [1.165, 1.54) is 19.3 Å². The fourth-order valence-corrected chi connectivity index (χ4v) is 4.27. The van der Waals surface area contributed by atoms with E-state index in [1.54, 1.807) is 0 Å². The Morgan fingerprint density at radius 3 is 1.62 bits per heavy atom. The molecular formula is C11H18O2. The molecule has 0 spiro atoms. The van der Waals surface area contributed by atoms with E-state index in [2.05, 4.69) is 0 Å². The van der Waals surface area contributed by atoms with E-state index in [0.717, 1.165) is 23.7 Å². The van der Waals surface area contributed by atoms with Gasteiger partial charge in [-0.1, -0.05) is 0 Å². The molecule has 2 nitrogen and oxygen atoms in total. The third-order valence-electron chi connectivity index (χ3n) is 4.90. The van der Waals surface area contributed by atoms with Gasteiger partial charge in [-0.05, 0) is 54.8 Å². The first-order valence-electron chi connectivity index (χ1n) is 5.58. The monoisotopic (exact) mass is 182 g/mol. The SMILES string of the molecule is OC[C@H]1[C@H](CO)[C@@H]2CC[C@H]1[C@H]1C[C@@H]21. The minimum atomic E-state index is 0.301. The molecule has 4 saturated carbocycles. The average molecular weight is 182 g/mol. The van der Waals surface area contributed by atoms with Crippen LogP contribution in [0.3, 0.4) is 0 Å². The molecule has 0 saturated heterocycles. The highest BCUT2D eigenvalue weighted by atomic mass is 16.3. The lowest BCUT2D eigenvalue weighted by molar-refractivity contribution is -0.0421. The standard InChI is InChI=1S/C11H18O2/c12-4-10-6-1-2-7(11(10)5-13)9-3-8(6)9/h6-13H,1-5H2/t6-,7+,8+,9-,10-,11-/m1/s1. The van der Waals surface area contributed by atoms with Crippen molar-refractivity contribution < 1.29 is 10.2 Å². The Hall–Kier alpha value is -0.0800. The molecule has 4 fully saturated rings. The van der Waals surface area contributed by atoms with Crippen LogP contribution in [-0.2, 0) is 0 Å². The van der Waals surface area contributed by atoms with Crippen LogP contribution in [0.5, 0.6) is 0 Å². The number of hydrogen-bond acceptors (Lipinski definition) is 2. The summed E-state index contributed by atoms with van der Waals surface area (Å²) in [6.45, 7) is 0.602. The van der Waals surface area contributed by atoms with Crippen molar-refractivity contribution in [3.05, 3.63) is 0 Å². The summed E-state index contributed by atoms with van der Waals surface area (Å²) in [4.78, 5) is 0. The summed E-state index contributed by atoms with van der Waals surface area (Å²) in [5.41, 5.74) is 0. The van der Waals surface area contributed by atoms with Crippen LogP contribution in [0.2, 0.25) is 0 Å². The molecule has 74 valence electrons. The molecule has 4 aliphatic rings. The zero-order valence-corrected chi connectivity index (χ0v) is 7.89. The van der Waals surface area contributed by atoms with Crippen molar-refractivity contribution in [3.8, 4) is 0 Å². The molecule has 2 bridgehead atoms. The smallest absolute Gasteiger partial charge is 0.0465 e. The van der Waals surface area contributed by atoms with Crippen LogP contribution < -0.4 is 0 Å². The van der Waals surface area contributed by atoms with E-state index in [-0.39, 0.29) is 0 Å². The topological polar surface area (TPSA) is 40.5 Å². The maximum Gasteiger partial charge on any atom is 0.0465 e. The summed E-state index contributed by atoms with van der Waals surface area (Å²) in [6.07, 6.45) is 4.02. The fourth-order valence-electron chi connectivity index (χ4n) is 4.27. The van der Waals surface area contributed by atoms with Gasteiger partial charge in [-0.3, -0.25) is 0 Å². The van der Waals surface area contributed by atoms with Crippen LogP contribution in [0, 0.1) is 35.5 Å². The lowest BCUT2D eigenvalue weighted by Gasteiger charge is -2.47. The van der Waals surface area contributed by atoms with Gasteiger partial charge in [-0.15, -0.1) is 0 Å². The van der Waals surface area contributed by atoms with E-state index in [9.17, 15) is 10.2 Å². The third-order valence-corrected chi connectivity index (χ3v) is 4.90. The molecule has 6 atom stereocenters. The number of rotatable bonds is 2. The molecule has 0 aromatic heterocycles. The van der Waals surface area contributed by atoms with Crippen molar-refractivity contribution >= 4 is 0 Å². The number of hydrogen-bond donors (Lipinski definition) is 2. The summed E-state index contributed by atoms with van der Waals surface area (Å²) in [7, 11) is 0. The lowest BCUT2D eigenvalue weighted by Crippen LogP contribution is -2.45. The van der Waals surface area contributed by atoms with Crippen molar-refractivity contribution in [3.63, 3.8) is 0 Å². The normalized spacial score (nSPS) is 57.7. The molecule has 0 aliphatic heterocycles. The average Bonchev–Trinajstić information content (AvgIpc) is 2.97. The minimum absolute atomic E-state index is 0.301. The molecule has 2 heteroatoms. The van der Waals surface area contributed by atoms with Crippen molar-refractivity contribution in [2.75, 3.05) is 13.2 Å². The van der Waals surface area contributed by atoms with Gasteiger partial charge in [0.1, 0.15) is 0 Å². The van der Waals surface area contributed by atoms with Gasteiger partial charge in [0.2, 0.25) is 0 Å². The summed E-state index contributed by atoms with van der Waals surface area (Å²) in [6, 6.07) is 0. The highest BCUT2D eigenvalue weighted by Crippen LogP contribution is 2.65. The van der Waals surface area contributed by atoms with E-state index in [1.807, 2.05) is 0 Å². The summed E-state index contributed by atoms with van der Waals surface area (Å²) >= 11 is 0. The van der Waals surface area contributed by atoms with Gasteiger partial charge in [0.25, 0.3) is 0 Å². The molecule has 0 amide bonds. The second-order valence-corrected chi connectivity index (χ2v) is 5.16. The predicted octanol–water partition coefficient (Wildman–Crippen LogP) is 0.879. The summed E-state index contributed by atoms with van der Waals surface area (Å²) in [5, 5.41) is 18.7. The zero-order valence-electron chi connectivity index (χ0n) is 7.89. The molecule has 2 N–H and O–H groups in total. The molecule has 0 aromatic rings. The first-order chi connectivity index (χ1) is 6.36. The van der Waals surface area contributed by atoms with Crippen LogP contribution >= 0.6 is 0 Å². The Labute approximate surface area is 79.0 Å². The van der Waals surface area contributed by atoms with Crippen molar-refractivity contribution in [1.29, 1.82) is 0 Å². The van der Waals surface area contributed by atoms with Gasteiger partial charge >= 0.3 is 0 Å². The van der Waals surface area contributed by atoms with Gasteiger partial charge in [-0.25, -0.2) is 0 Å². The van der Waals surface area contributed by atoms with E-state index >= 15 is 0 Å². The maximum absolute atomic E-state index is 9.34. The minimum Gasteiger partial charge on any atom is -0.396 e. The maximum atomic E-state index is 9.34. The van der Waals surface area contributed by atoms with Gasteiger partial charge < -0.3 is 10.2 Å². The van der Waals surface area contributed by atoms with E-state index in [4.69, 9.17) is 0 Å². The first kappa shape index (κ1) is 8.25. The molecule has 0 heterocycles. The second-order valence-electron chi connectivity index (χ2n) is 5.16. The molecule has 13 heavy (non-hydrogen) atoms. The zero-order chi connectivity index (χ0) is 9.00. The molecule has 4 aliphatic carbocycles. The molecule has 0 unspecified atom stereocenters. The van der Waals surface area contributed by atoms with Crippen LogP contribution in [0.1, 0.15) is 19.3 Å². The van der Waals surface area contributed by atoms with Crippen molar-refractivity contribution in [2.24, 2.45) is 35.5 Å². The van der Waals surface area contributed by atoms with Crippen LogP contribution in [0.4, 0.5) is 0 Å². The summed E-state index contributed by atoms with van der Waals surface area (Å²) in [5.74, 6) is 4.20. The third kappa shape index (κ3) is 0.962. The number of fused-ring (bicyclic) bond motifs is 2. The van der Waals surface area contributed by atoms with E-state index < -0.39 is 0 Å². The Balaban J connectivity index is 1.87. The van der Waals surface area contributed by atoms with Gasteiger partial charge in [0.05, 0.1) is 0 Å². The number of aliphatic hydroxyl groups excluding tert-OH is 2. The quantitative estimate of drug-likeness (QED) is 0.665. The second kappa shape index (κ2) is 2.71. The Kier molecular flexibility index (Phi) is 1.72. The highest BCUT2D eigenvalue weighted by Gasteiger charge is 2.60. The van der Waals surface area contributed by atoms with Gasteiger partial charge in [0, 0.05) is 13.2 Å². The molecular weight excluding hydrogens is 164 g/mol. The predicted molar refractivity (Wildman–Crippen MR) is 49.0 cm³/mol.